The van der Waals surface area contributed by atoms with E-state index in [4.69, 9.17) is 9.47 Å². The molecule has 2 unspecified atom stereocenters. The van der Waals surface area contributed by atoms with Crippen LogP contribution < -0.4 is 4.90 Å². The number of benzene rings is 1. The second-order valence-electron chi connectivity index (χ2n) is 11.4. The van der Waals surface area contributed by atoms with E-state index in [2.05, 4.69) is 13.2 Å². The van der Waals surface area contributed by atoms with Crippen molar-refractivity contribution < 1.29 is 29.0 Å². The number of ether oxygens (including phenoxy) is 2. The Morgan fingerprint density at radius 2 is 1.90 bits per heavy atom. The molecule has 3 heterocycles. The molecule has 0 aliphatic carbocycles. The highest BCUT2D eigenvalue weighted by Gasteiger charge is 2.79. The molecule has 1 aromatic rings. The summed E-state index contributed by atoms with van der Waals surface area (Å²) in [6.45, 7) is 14.3. The summed E-state index contributed by atoms with van der Waals surface area (Å²) in [4.78, 5) is 45.9. The third-order valence-electron chi connectivity index (χ3n) is 9.06. The molecule has 8 heteroatoms. The van der Waals surface area contributed by atoms with Crippen LogP contribution in [0.15, 0.2) is 43.5 Å². The van der Waals surface area contributed by atoms with Crippen LogP contribution in [0.3, 0.4) is 0 Å². The van der Waals surface area contributed by atoms with E-state index in [1.54, 1.807) is 22.0 Å². The first-order valence-electron chi connectivity index (χ1n) is 14.6. The summed E-state index contributed by atoms with van der Waals surface area (Å²) in [5, 5.41) is 9.43. The monoisotopic (exact) mass is 552 g/mol. The fourth-order valence-corrected chi connectivity index (χ4v) is 7.28. The molecule has 0 aromatic heterocycles. The number of likely N-dealkylation sites (tertiary alicyclic amines) is 1. The zero-order valence-corrected chi connectivity index (χ0v) is 24.2. The molecule has 5 atom stereocenters. The minimum Gasteiger partial charge on any atom is -0.465 e. The summed E-state index contributed by atoms with van der Waals surface area (Å²) in [5.41, 5.74) is 0.731. The molecule has 8 nitrogen and oxygen atoms in total. The smallest absolute Gasteiger partial charge is 0.312 e. The first kappa shape index (κ1) is 30.0. The number of hydrogen-bond acceptors (Lipinski definition) is 6. The zero-order chi connectivity index (χ0) is 29.1. The van der Waals surface area contributed by atoms with Crippen LogP contribution >= 0.6 is 0 Å². The van der Waals surface area contributed by atoms with Crippen molar-refractivity contribution in [2.75, 3.05) is 31.2 Å². The summed E-state index contributed by atoms with van der Waals surface area (Å²) >= 11 is 0. The number of aliphatic hydroxyl groups is 1. The number of carbonyl (C=O) groups is 3. The van der Waals surface area contributed by atoms with Gasteiger partial charge in [0, 0.05) is 25.4 Å². The van der Waals surface area contributed by atoms with Crippen molar-refractivity contribution in [1.29, 1.82) is 0 Å². The topological polar surface area (TPSA) is 96.4 Å². The lowest BCUT2D eigenvalue weighted by molar-refractivity contribution is -0.161. The number of anilines is 1. The van der Waals surface area contributed by atoms with Crippen LogP contribution in [0.5, 0.6) is 0 Å². The number of hydrogen-bond donors (Lipinski definition) is 1. The van der Waals surface area contributed by atoms with Gasteiger partial charge in [0.2, 0.25) is 5.91 Å². The molecule has 3 aliphatic rings. The summed E-state index contributed by atoms with van der Waals surface area (Å²) in [7, 11) is 0. The average Bonchev–Trinajstić information content (AvgIpc) is 3.54. The molecule has 0 radical (unpaired) electrons. The van der Waals surface area contributed by atoms with Gasteiger partial charge in [0.25, 0.3) is 5.91 Å². The summed E-state index contributed by atoms with van der Waals surface area (Å²) in [5.74, 6) is -2.45. The number of amides is 2. The highest BCUT2D eigenvalue weighted by atomic mass is 16.6. The van der Waals surface area contributed by atoms with Gasteiger partial charge in [0.15, 0.2) is 0 Å². The Balaban J connectivity index is 1.77. The number of nitrogens with zero attached hydrogens (tertiary/aromatic N) is 2. The molecular formula is C32H44N2O6. The number of rotatable bonds is 14. The van der Waals surface area contributed by atoms with Crippen molar-refractivity contribution in [3.05, 3.63) is 54.6 Å². The average molecular weight is 553 g/mol. The predicted octanol–water partition coefficient (Wildman–Crippen LogP) is 4.26. The largest absolute Gasteiger partial charge is 0.465 e. The highest BCUT2D eigenvalue weighted by Crippen LogP contribution is 2.64. The standard InChI is InChI=1S/C32H44N2O6/c1-6-9-12-21-39-30(38)25-24-28(36)34(19-10-11-20-35)27(32(24)17-16-31(25,8-3)40-32)29(37)33(18-7-2)26-22(4)14-13-15-23(26)5/h6-7,13-15,24-25,27,35H,1-2,8-12,16-21H2,3-5H3/t24-,25-,27?,31+,32?/m0/s1. The van der Waals surface area contributed by atoms with Gasteiger partial charge in [-0.1, -0.05) is 37.3 Å². The maximum absolute atomic E-state index is 14.7. The molecule has 1 N–H and O–H groups in total. The predicted molar refractivity (Wildman–Crippen MR) is 154 cm³/mol. The number of fused-ring (bicyclic) bond motifs is 1. The number of esters is 1. The van der Waals surface area contributed by atoms with E-state index in [1.807, 2.05) is 39.0 Å². The van der Waals surface area contributed by atoms with E-state index >= 15 is 0 Å². The molecule has 3 aliphatic heterocycles. The van der Waals surface area contributed by atoms with Crippen molar-refractivity contribution >= 4 is 23.5 Å². The number of para-hydroxylation sites is 1. The minimum atomic E-state index is -1.12. The maximum atomic E-state index is 14.7. The first-order valence-corrected chi connectivity index (χ1v) is 14.6. The van der Waals surface area contributed by atoms with E-state index in [0.29, 0.717) is 45.1 Å². The Morgan fingerprint density at radius 3 is 2.52 bits per heavy atom. The van der Waals surface area contributed by atoms with Gasteiger partial charge >= 0.3 is 5.97 Å². The Labute approximate surface area is 238 Å². The van der Waals surface area contributed by atoms with Gasteiger partial charge in [-0.3, -0.25) is 14.4 Å². The minimum absolute atomic E-state index is 0.00465. The van der Waals surface area contributed by atoms with E-state index in [1.165, 1.54) is 0 Å². The Bertz CT molecular complexity index is 1130. The second kappa shape index (κ2) is 12.3. The number of allylic oxidation sites excluding steroid dienone is 1. The Morgan fingerprint density at radius 1 is 1.18 bits per heavy atom. The number of aryl methyl sites for hydroxylation is 2. The zero-order valence-electron chi connectivity index (χ0n) is 24.2. The molecule has 3 saturated heterocycles. The fourth-order valence-electron chi connectivity index (χ4n) is 7.28. The number of unbranched alkanes of at least 4 members (excludes halogenated alkanes) is 2. The summed E-state index contributed by atoms with van der Waals surface area (Å²) < 4.78 is 12.5. The molecule has 40 heavy (non-hydrogen) atoms. The van der Waals surface area contributed by atoms with E-state index in [9.17, 15) is 19.5 Å². The SMILES string of the molecule is C=CCCCOC(=O)[C@@H]1[C@H]2C(=O)N(CCCCO)C(C(=O)N(CC=C)c3c(C)cccc3C)C23CC[C@@]1(CC)O3. The van der Waals surface area contributed by atoms with E-state index in [-0.39, 0.29) is 31.6 Å². The fraction of sp³-hybridized carbons (Fsp3) is 0.594. The molecule has 2 amide bonds. The van der Waals surface area contributed by atoms with Crippen LogP contribution in [0, 0.1) is 25.7 Å². The van der Waals surface area contributed by atoms with Gasteiger partial charge in [-0.2, -0.15) is 0 Å². The van der Waals surface area contributed by atoms with Crippen molar-refractivity contribution in [2.24, 2.45) is 11.8 Å². The highest BCUT2D eigenvalue weighted by molar-refractivity contribution is 6.05. The van der Waals surface area contributed by atoms with E-state index in [0.717, 1.165) is 23.2 Å². The van der Waals surface area contributed by atoms with Gasteiger partial charge in [-0.15, -0.1) is 13.2 Å². The lowest BCUT2D eigenvalue weighted by Crippen LogP contribution is -2.56. The second-order valence-corrected chi connectivity index (χ2v) is 11.4. The molecule has 218 valence electrons. The molecule has 0 saturated carbocycles. The lowest BCUT2D eigenvalue weighted by Gasteiger charge is -2.37. The molecule has 1 spiro atoms. The summed E-state index contributed by atoms with van der Waals surface area (Å²) in [6.07, 6.45) is 7.54. The van der Waals surface area contributed by atoms with Crippen molar-refractivity contribution in [1.82, 2.24) is 4.90 Å². The van der Waals surface area contributed by atoms with Crippen molar-refractivity contribution in [2.45, 2.75) is 83.0 Å². The number of aliphatic hydroxyl groups excluding tert-OH is 1. The molecule has 2 bridgehead atoms. The third-order valence-corrected chi connectivity index (χ3v) is 9.06. The van der Waals surface area contributed by atoms with Crippen LogP contribution in [-0.4, -0.2) is 71.3 Å². The van der Waals surface area contributed by atoms with Gasteiger partial charge in [0.05, 0.1) is 18.1 Å². The van der Waals surface area contributed by atoms with Gasteiger partial charge in [0.1, 0.15) is 17.6 Å². The molecule has 3 fully saturated rings. The third kappa shape index (κ3) is 4.90. The van der Waals surface area contributed by atoms with Crippen LogP contribution in [0.4, 0.5) is 5.69 Å². The van der Waals surface area contributed by atoms with Crippen molar-refractivity contribution in [3.63, 3.8) is 0 Å². The normalized spacial score (nSPS) is 28.4. The van der Waals surface area contributed by atoms with Gasteiger partial charge in [-0.25, -0.2) is 0 Å². The van der Waals surface area contributed by atoms with Crippen LogP contribution in [0.25, 0.3) is 0 Å². The van der Waals surface area contributed by atoms with Crippen LogP contribution in [0.2, 0.25) is 0 Å². The van der Waals surface area contributed by atoms with Gasteiger partial charge < -0.3 is 24.4 Å². The lowest BCUT2D eigenvalue weighted by atomic mass is 9.65. The number of carbonyl (C=O) groups excluding carboxylic acids is 3. The molecule has 1 aromatic carbocycles. The maximum Gasteiger partial charge on any atom is 0.312 e. The summed E-state index contributed by atoms with van der Waals surface area (Å²) in [6, 6.07) is 4.99. The molecular weight excluding hydrogens is 508 g/mol. The van der Waals surface area contributed by atoms with Crippen molar-refractivity contribution in [3.8, 4) is 0 Å². The van der Waals surface area contributed by atoms with Gasteiger partial charge in [-0.05, 0) is 69.9 Å². The van der Waals surface area contributed by atoms with Crippen LogP contribution in [-0.2, 0) is 23.9 Å². The molecule has 4 rings (SSSR count). The van der Waals surface area contributed by atoms with E-state index < -0.39 is 35.0 Å². The van der Waals surface area contributed by atoms with Crippen LogP contribution in [0.1, 0.15) is 63.0 Å². The Hall–Kier alpha value is -2.97. The quantitative estimate of drug-likeness (QED) is 0.211. The Kier molecular flexibility index (Phi) is 9.20. The first-order chi connectivity index (χ1) is 19.2.